The van der Waals surface area contributed by atoms with Crippen LogP contribution in [0.1, 0.15) is 60.4 Å². The molecule has 0 radical (unpaired) electrons. The highest BCUT2D eigenvalue weighted by Gasteiger charge is 2.23. The molecule has 1 aliphatic carbocycles. The van der Waals surface area contributed by atoms with Crippen molar-refractivity contribution in [3.63, 3.8) is 0 Å². The van der Waals surface area contributed by atoms with Gasteiger partial charge in [0.15, 0.2) is 12.4 Å². The molecule has 2 atom stereocenters. The second-order valence-corrected chi connectivity index (χ2v) is 7.31. The van der Waals surface area contributed by atoms with Gasteiger partial charge in [0.25, 0.3) is 5.91 Å². The molecule has 1 saturated carbocycles. The van der Waals surface area contributed by atoms with Crippen LogP contribution in [0, 0.1) is 5.92 Å². The summed E-state index contributed by atoms with van der Waals surface area (Å²) in [5.41, 5.74) is 1.35. The van der Waals surface area contributed by atoms with Crippen LogP contribution in [0.15, 0.2) is 40.8 Å². The molecule has 1 fully saturated rings. The Bertz CT molecular complexity index is 852. The Balaban J connectivity index is 1.53. The summed E-state index contributed by atoms with van der Waals surface area (Å²) in [4.78, 5) is 35.6. The minimum atomic E-state index is -0.682. The van der Waals surface area contributed by atoms with E-state index < -0.39 is 5.97 Å². The van der Waals surface area contributed by atoms with Crippen LogP contribution in [0.4, 0.5) is 0 Å². The Labute approximate surface area is 164 Å². The predicted octanol–water partition coefficient (Wildman–Crippen LogP) is 4.00. The monoisotopic (exact) mass is 383 g/mol. The molecule has 28 heavy (non-hydrogen) atoms. The number of ketones is 1. The Morgan fingerprint density at radius 2 is 1.79 bits per heavy atom. The van der Waals surface area contributed by atoms with Crippen molar-refractivity contribution in [2.45, 2.75) is 45.6 Å². The van der Waals surface area contributed by atoms with Gasteiger partial charge in [0.2, 0.25) is 5.76 Å². The molecule has 1 aromatic carbocycles. The molecule has 1 amide bonds. The second kappa shape index (κ2) is 8.87. The average Bonchev–Trinajstić information content (AvgIpc) is 3.18. The minimum absolute atomic E-state index is 0.0174. The SMILES string of the molecule is CC(=O)c1ccc(-c2ccc(C(=O)OCC(=O)N[C@@H]3CCCC[C@@H]3C)o2)cc1. The summed E-state index contributed by atoms with van der Waals surface area (Å²) in [6, 6.07) is 10.2. The highest BCUT2D eigenvalue weighted by Crippen LogP contribution is 2.24. The van der Waals surface area contributed by atoms with Crippen LogP contribution < -0.4 is 5.32 Å². The number of hydrogen-bond acceptors (Lipinski definition) is 5. The van der Waals surface area contributed by atoms with E-state index in [1.54, 1.807) is 30.3 Å². The van der Waals surface area contributed by atoms with Gasteiger partial charge in [-0.2, -0.15) is 0 Å². The van der Waals surface area contributed by atoms with E-state index in [-0.39, 0.29) is 30.1 Å². The van der Waals surface area contributed by atoms with Crippen LogP contribution in [-0.4, -0.2) is 30.3 Å². The molecule has 1 aliphatic rings. The van der Waals surface area contributed by atoms with E-state index in [9.17, 15) is 14.4 Å². The van der Waals surface area contributed by atoms with Crippen LogP contribution in [-0.2, 0) is 9.53 Å². The molecule has 0 spiro atoms. The normalized spacial score (nSPS) is 19.1. The number of ether oxygens (including phenoxy) is 1. The molecule has 1 heterocycles. The first kappa shape index (κ1) is 19.9. The van der Waals surface area contributed by atoms with E-state index >= 15 is 0 Å². The van der Waals surface area contributed by atoms with Crippen molar-refractivity contribution in [2.75, 3.05) is 6.61 Å². The molecule has 0 aliphatic heterocycles. The molecule has 6 heteroatoms. The fourth-order valence-electron chi connectivity index (χ4n) is 3.45. The summed E-state index contributed by atoms with van der Waals surface area (Å²) in [6.07, 6.45) is 4.37. The summed E-state index contributed by atoms with van der Waals surface area (Å²) in [6.45, 7) is 3.30. The number of carbonyl (C=O) groups excluding carboxylic acids is 3. The zero-order chi connectivity index (χ0) is 20.1. The van der Waals surface area contributed by atoms with Gasteiger partial charge < -0.3 is 14.5 Å². The molecular weight excluding hydrogens is 358 g/mol. The molecule has 6 nitrogen and oxygen atoms in total. The Morgan fingerprint density at radius 1 is 1.07 bits per heavy atom. The number of rotatable bonds is 6. The molecule has 0 saturated heterocycles. The number of nitrogens with one attached hydrogen (secondary N) is 1. The van der Waals surface area contributed by atoms with Gasteiger partial charge in [0.1, 0.15) is 5.76 Å². The summed E-state index contributed by atoms with van der Waals surface area (Å²) in [5, 5.41) is 2.95. The fraction of sp³-hybridized carbons (Fsp3) is 0.409. The fourth-order valence-corrected chi connectivity index (χ4v) is 3.45. The molecule has 0 bridgehead atoms. The largest absolute Gasteiger partial charge is 0.450 e. The molecule has 1 aromatic heterocycles. The maximum absolute atomic E-state index is 12.2. The number of Topliss-reactive ketones (excluding diaryl/α,β-unsaturated/α-hetero) is 1. The van der Waals surface area contributed by atoms with Crippen molar-refractivity contribution in [2.24, 2.45) is 5.92 Å². The lowest BCUT2D eigenvalue weighted by Crippen LogP contribution is -2.42. The number of amides is 1. The zero-order valence-electron chi connectivity index (χ0n) is 16.2. The number of furan rings is 1. The van der Waals surface area contributed by atoms with Crippen LogP contribution >= 0.6 is 0 Å². The first-order valence-electron chi connectivity index (χ1n) is 9.61. The van der Waals surface area contributed by atoms with Gasteiger partial charge in [-0.15, -0.1) is 0 Å². The van der Waals surface area contributed by atoms with Gasteiger partial charge in [-0.05, 0) is 37.8 Å². The Morgan fingerprint density at radius 3 is 2.46 bits per heavy atom. The zero-order valence-corrected chi connectivity index (χ0v) is 16.2. The van der Waals surface area contributed by atoms with E-state index in [1.165, 1.54) is 19.4 Å². The minimum Gasteiger partial charge on any atom is -0.450 e. The lowest BCUT2D eigenvalue weighted by atomic mass is 9.86. The van der Waals surface area contributed by atoms with Crippen molar-refractivity contribution < 1.29 is 23.5 Å². The van der Waals surface area contributed by atoms with Gasteiger partial charge in [0, 0.05) is 17.2 Å². The van der Waals surface area contributed by atoms with E-state index in [1.807, 2.05) is 0 Å². The van der Waals surface area contributed by atoms with Crippen molar-refractivity contribution in [1.29, 1.82) is 0 Å². The third-order valence-electron chi connectivity index (χ3n) is 5.18. The number of esters is 1. The maximum Gasteiger partial charge on any atom is 0.374 e. The van der Waals surface area contributed by atoms with Crippen molar-refractivity contribution in [3.8, 4) is 11.3 Å². The lowest BCUT2D eigenvalue weighted by Gasteiger charge is -2.29. The quantitative estimate of drug-likeness (QED) is 0.602. The molecule has 0 unspecified atom stereocenters. The third kappa shape index (κ3) is 4.88. The summed E-state index contributed by atoms with van der Waals surface area (Å²) in [5.74, 6) is -0.0317. The van der Waals surface area contributed by atoms with Crippen LogP contribution in [0.3, 0.4) is 0 Å². The van der Waals surface area contributed by atoms with Gasteiger partial charge in [-0.25, -0.2) is 4.79 Å². The van der Waals surface area contributed by atoms with Gasteiger partial charge >= 0.3 is 5.97 Å². The molecule has 148 valence electrons. The van der Waals surface area contributed by atoms with E-state index in [4.69, 9.17) is 9.15 Å². The highest BCUT2D eigenvalue weighted by molar-refractivity contribution is 5.94. The van der Waals surface area contributed by atoms with E-state index in [2.05, 4.69) is 12.2 Å². The summed E-state index contributed by atoms with van der Waals surface area (Å²) in [7, 11) is 0. The first-order chi connectivity index (χ1) is 13.4. The van der Waals surface area contributed by atoms with Crippen molar-refractivity contribution in [3.05, 3.63) is 47.7 Å². The molecule has 3 rings (SSSR count). The topological polar surface area (TPSA) is 85.6 Å². The van der Waals surface area contributed by atoms with Crippen LogP contribution in [0.25, 0.3) is 11.3 Å². The lowest BCUT2D eigenvalue weighted by molar-refractivity contribution is -0.125. The van der Waals surface area contributed by atoms with Crippen molar-refractivity contribution in [1.82, 2.24) is 5.32 Å². The predicted molar refractivity (Wildman–Crippen MR) is 104 cm³/mol. The Kier molecular flexibility index (Phi) is 6.29. The standard InChI is InChI=1S/C22H25NO5/c1-14-5-3-4-6-18(14)23-21(25)13-27-22(26)20-12-11-19(28-20)17-9-7-16(8-10-17)15(2)24/h7-12,14,18H,3-6,13H2,1-2H3,(H,23,25)/t14-,18+/m0/s1. The first-order valence-corrected chi connectivity index (χ1v) is 9.61. The molecule has 1 N–H and O–H groups in total. The van der Waals surface area contributed by atoms with Gasteiger partial charge in [0.05, 0.1) is 0 Å². The van der Waals surface area contributed by atoms with Gasteiger partial charge in [-0.1, -0.05) is 44.0 Å². The number of carbonyl (C=O) groups is 3. The third-order valence-corrected chi connectivity index (χ3v) is 5.18. The molecular formula is C22H25NO5. The highest BCUT2D eigenvalue weighted by atomic mass is 16.5. The van der Waals surface area contributed by atoms with E-state index in [0.717, 1.165) is 24.8 Å². The average molecular weight is 383 g/mol. The number of hydrogen-bond donors (Lipinski definition) is 1. The smallest absolute Gasteiger partial charge is 0.374 e. The van der Waals surface area contributed by atoms with Crippen LogP contribution in [0.5, 0.6) is 0 Å². The van der Waals surface area contributed by atoms with Crippen LogP contribution in [0.2, 0.25) is 0 Å². The Hall–Kier alpha value is -2.89. The van der Waals surface area contributed by atoms with Gasteiger partial charge in [-0.3, -0.25) is 9.59 Å². The van der Waals surface area contributed by atoms with Crippen molar-refractivity contribution >= 4 is 17.7 Å². The summed E-state index contributed by atoms with van der Waals surface area (Å²) < 4.78 is 10.6. The second-order valence-electron chi connectivity index (χ2n) is 7.31. The maximum atomic E-state index is 12.2. The molecule has 2 aromatic rings. The summed E-state index contributed by atoms with van der Waals surface area (Å²) >= 11 is 0. The van der Waals surface area contributed by atoms with E-state index in [0.29, 0.717) is 17.2 Å². The number of benzene rings is 1.